The minimum Gasteiger partial charge on any atom is -0.392 e. The van der Waals surface area contributed by atoms with Crippen LogP contribution in [-0.4, -0.2) is 38.2 Å². The highest BCUT2D eigenvalue weighted by Crippen LogP contribution is 2.35. The molecule has 1 amide bonds. The third-order valence-corrected chi connectivity index (χ3v) is 8.71. The molecule has 0 saturated carbocycles. The van der Waals surface area contributed by atoms with Gasteiger partial charge in [-0.1, -0.05) is 18.2 Å². The zero-order valence-corrected chi connectivity index (χ0v) is 23.2. The predicted molar refractivity (Wildman–Crippen MR) is 159 cm³/mol. The first-order chi connectivity index (χ1) is 20.0. The quantitative estimate of drug-likeness (QED) is 0.350. The molecule has 7 rings (SSSR count). The maximum absolute atomic E-state index is 13.8. The fraction of sp³-hybridized carbons (Fsp3) is 0.344. The van der Waals surface area contributed by atoms with Crippen molar-refractivity contribution in [2.24, 2.45) is 7.05 Å². The molecule has 2 aromatic heterocycles. The number of carbonyl (C=O) groups excluding carboxylic acids is 1. The maximum atomic E-state index is 13.8. The third kappa shape index (κ3) is 4.45. The highest BCUT2D eigenvalue weighted by atomic mass is 16.3. The minimum absolute atomic E-state index is 0.0293. The van der Waals surface area contributed by atoms with Crippen molar-refractivity contribution in [3.05, 3.63) is 92.7 Å². The van der Waals surface area contributed by atoms with Crippen molar-refractivity contribution in [3.63, 3.8) is 0 Å². The molecule has 0 spiro atoms. The lowest BCUT2D eigenvalue weighted by Crippen LogP contribution is -2.38. The van der Waals surface area contributed by atoms with Gasteiger partial charge in [0.2, 0.25) is 0 Å². The average Bonchev–Trinajstić information content (AvgIpc) is 3.39. The second-order valence-corrected chi connectivity index (χ2v) is 11.2. The van der Waals surface area contributed by atoms with Crippen LogP contribution in [0.4, 0.5) is 17.2 Å². The number of hydrogen-bond acceptors (Lipinski definition) is 6. The predicted octanol–water partition coefficient (Wildman–Crippen LogP) is 3.67. The summed E-state index contributed by atoms with van der Waals surface area (Å²) in [7, 11) is 1.70. The molecule has 41 heavy (non-hydrogen) atoms. The van der Waals surface area contributed by atoms with E-state index < -0.39 is 0 Å². The number of rotatable bonds is 5. The van der Waals surface area contributed by atoms with Crippen LogP contribution in [0.2, 0.25) is 0 Å². The molecule has 0 radical (unpaired) electrons. The summed E-state index contributed by atoms with van der Waals surface area (Å²) in [6.07, 6.45) is 6.71. The number of nitrogens with zero attached hydrogens (tertiary/aromatic N) is 4. The summed E-state index contributed by atoms with van der Waals surface area (Å²) in [5.41, 5.74) is 8.78. The van der Waals surface area contributed by atoms with E-state index in [2.05, 4.69) is 33.4 Å². The lowest BCUT2D eigenvalue weighted by atomic mass is 9.99. The fourth-order valence-electron chi connectivity index (χ4n) is 6.60. The summed E-state index contributed by atoms with van der Waals surface area (Å²) in [5.74, 6) is 0.185. The smallest absolute Gasteiger partial charge is 0.293 e. The molecule has 9 nitrogen and oxygen atoms in total. The Balaban J connectivity index is 1.24. The number of aliphatic hydroxyl groups is 1. The molecule has 0 unspecified atom stereocenters. The monoisotopic (exact) mass is 550 g/mol. The van der Waals surface area contributed by atoms with Gasteiger partial charge in [-0.15, -0.1) is 0 Å². The fourth-order valence-corrected chi connectivity index (χ4v) is 6.60. The number of nitrogens with one attached hydrogen (secondary N) is 2. The van der Waals surface area contributed by atoms with Gasteiger partial charge in [-0.05, 0) is 67.6 Å². The summed E-state index contributed by atoms with van der Waals surface area (Å²) >= 11 is 0. The van der Waals surface area contributed by atoms with Crippen LogP contribution in [0.3, 0.4) is 0 Å². The first-order valence-electron chi connectivity index (χ1n) is 14.5. The van der Waals surface area contributed by atoms with E-state index in [-0.39, 0.29) is 23.9 Å². The van der Waals surface area contributed by atoms with Gasteiger partial charge in [-0.25, -0.2) is 4.98 Å². The molecule has 3 aliphatic heterocycles. The number of carbonyl (C=O) groups is 1. The number of aromatic nitrogens is 3. The second-order valence-electron chi connectivity index (χ2n) is 11.2. The van der Waals surface area contributed by atoms with Gasteiger partial charge >= 0.3 is 0 Å². The van der Waals surface area contributed by atoms with Crippen LogP contribution >= 0.6 is 0 Å². The summed E-state index contributed by atoms with van der Waals surface area (Å²) in [5, 5.41) is 17.2. The highest BCUT2D eigenvalue weighted by molar-refractivity contribution is 6.09. The number of anilines is 3. The molecule has 4 aromatic rings. The Morgan fingerprint density at radius 1 is 1.00 bits per heavy atom. The normalized spacial score (nSPS) is 16.2. The molecular weight excluding hydrogens is 516 g/mol. The van der Waals surface area contributed by atoms with E-state index >= 15 is 0 Å². The Bertz CT molecular complexity index is 1740. The van der Waals surface area contributed by atoms with Gasteiger partial charge in [0.15, 0.2) is 5.82 Å². The Hall–Kier alpha value is -4.21. The molecular formula is C32H34N6O3. The van der Waals surface area contributed by atoms with Crippen molar-refractivity contribution in [1.29, 1.82) is 0 Å². The van der Waals surface area contributed by atoms with E-state index in [1.54, 1.807) is 18.1 Å². The van der Waals surface area contributed by atoms with E-state index in [0.29, 0.717) is 29.1 Å². The molecule has 5 heterocycles. The van der Waals surface area contributed by atoms with Gasteiger partial charge in [0.05, 0.1) is 23.6 Å². The van der Waals surface area contributed by atoms with Gasteiger partial charge in [0, 0.05) is 67.5 Å². The Labute approximate surface area is 238 Å². The molecule has 2 aromatic carbocycles. The average molecular weight is 551 g/mol. The van der Waals surface area contributed by atoms with E-state index in [0.717, 1.165) is 68.7 Å². The van der Waals surface area contributed by atoms with E-state index in [4.69, 9.17) is 4.98 Å². The SMILES string of the molecule is Cn1cc(-c2cccc(N3CCc4c(cc5n4CCCC5)C3=O)c2CO)nc(Nc2ccc3c(c2)CCNC3)c1=O. The van der Waals surface area contributed by atoms with Crippen molar-refractivity contribution >= 4 is 23.1 Å². The Morgan fingerprint density at radius 2 is 1.90 bits per heavy atom. The van der Waals surface area contributed by atoms with E-state index in [1.165, 1.54) is 21.4 Å². The van der Waals surface area contributed by atoms with Crippen LogP contribution in [0, 0.1) is 0 Å². The van der Waals surface area contributed by atoms with E-state index in [1.807, 2.05) is 24.3 Å². The van der Waals surface area contributed by atoms with Crippen molar-refractivity contribution in [1.82, 2.24) is 19.4 Å². The lowest BCUT2D eigenvalue weighted by Gasteiger charge is -2.30. The largest absolute Gasteiger partial charge is 0.392 e. The lowest BCUT2D eigenvalue weighted by molar-refractivity contribution is 0.0979. The van der Waals surface area contributed by atoms with Gasteiger partial charge in [-0.3, -0.25) is 9.59 Å². The Morgan fingerprint density at radius 3 is 2.78 bits per heavy atom. The third-order valence-electron chi connectivity index (χ3n) is 8.71. The summed E-state index contributed by atoms with van der Waals surface area (Å²) in [6.45, 7) is 3.04. The molecule has 0 fully saturated rings. The standard InChI is InChI=1S/C32H34N6O3/c1-36-18-27(35-30(32(36)41)34-22-9-8-21-17-33-12-10-20(21)15-22)24-6-4-7-28(26(24)19-39)38-14-11-29-25(31(38)40)16-23-5-2-3-13-37(23)29/h4,6-9,15-16,18,33,39H,2-3,5,10-14,17,19H2,1H3,(H,34,35). The topological polar surface area (TPSA) is 104 Å². The number of aliphatic hydroxyl groups excluding tert-OH is 1. The van der Waals surface area contributed by atoms with Crippen molar-refractivity contribution in [3.8, 4) is 11.3 Å². The molecule has 0 bridgehead atoms. The first-order valence-corrected chi connectivity index (χ1v) is 14.5. The molecule has 0 atom stereocenters. The second kappa shape index (κ2) is 10.3. The zero-order valence-electron chi connectivity index (χ0n) is 23.2. The first kappa shape index (κ1) is 25.7. The number of fused-ring (bicyclic) bond motifs is 4. The molecule has 0 saturated heterocycles. The van der Waals surface area contributed by atoms with Crippen molar-refractivity contribution in [2.45, 2.75) is 51.8 Å². The summed E-state index contributed by atoms with van der Waals surface area (Å²) in [6, 6.07) is 13.8. The van der Waals surface area contributed by atoms with Crippen LogP contribution in [0.25, 0.3) is 11.3 Å². The summed E-state index contributed by atoms with van der Waals surface area (Å²) < 4.78 is 3.84. The van der Waals surface area contributed by atoms with Crippen LogP contribution < -0.4 is 21.1 Å². The van der Waals surface area contributed by atoms with Crippen LogP contribution in [0.5, 0.6) is 0 Å². The maximum Gasteiger partial charge on any atom is 0.293 e. The highest BCUT2D eigenvalue weighted by Gasteiger charge is 2.32. The molecule has 210 valence electrons. The number of aryl methyl sites for hydroxylation is 2. The van der Waals surface area contributed by atoms with Gasteiger partial charge in [-0.2, -0.15) is 0 Å². The zero-order chi connectivity index (χ0) is 28.1. The summed E-state index contributed by atoms with van der Waals surface area (Å²) in [4.78, 5) is 33.4. The van der Waals surface area contributed by atoms with Gasteiger partial charge in [0.25, 0.3) is 11.5 Å². The molecule has 3 aliphatic rings. The molecule has 9 heteroatoms. The van der Waals surface area contributed by atoms with Gasteiger partial charge in [0.1, 0.15) is 0 Å². The number of hydrogen-bond donors (Lipinski definition) is 3. The Kier molecular flexibility index (Phi) is 6.48. The number of benzene rings is 2. The van der Waals surface area contributed by atoms with Crippen molar-refractivity contribution in [2.75, 3.05) is 23.3 Å². The molecule has 0 aliphatic carbocycles. The minimum atomic E-state index is -0.263. The van der Waals surface area contributed by atoms with Gasteiger partial charge < -0.3 is 29.8 Å². The number of amides is 1. The van der Waals surface area contributed by atoms with E-state index in [9.17, 15) is 14.7 Å². The molecule has 3 N–H and O–H groups in total. The van der Waals surface area contributed by atoms with Crippen LogP contribution in [0.15, 0.2) is 53.5 Å². The van der Waals surface area contributed by atoms with Crippen molar-refractivity contribution < 1.29 is 9.90 Å². The van der Waals surface area contributed by atoms with Crippen LogP contribution in [0.1, 0.15) is 51.3 Å². The van der Waals surface area contributed by atoms with Crippen LogP contribution in [-0.2, 0) is 46.0 Å².